The molecule has 0 aliphatic heterocycles. The van der Waals surface area contributed by atoms with Crippen molar-refractivity contribution in [3.05, 3.63) is 33.3 Å². The van der Waals surface area contributed by atoms with Gasteiger partial charge in [-0.05, 0) is 30.7 Å². The van der Waals surface area contributed by atoms with Gasteiger partial charge < -0.3 is 10.2 Å². The Hall–Kier alpha value is -1.26. The summed E-state index contributed by atoms with van der Waals surface area (Å²) < 4.78 is 4.98. The molecule has 2 rings (SSSR count). The van der Waals surface area contributed by atoms with E-state index in [9.17, 15) is 4.79 Å². The summed E-state index contributed by atoms with van der Waals surface area (Å²) in [4.78, 5) is 13.5. The maximum Gasteiger partial charge on any atom is 0.417 e. The minimum Gasteiger partial charge on any atom is -0.408 e. The highest BCUT2D eigenvalue weighted by Gasteiger charge is 2.07. The molecular weight excluding hydrogens is 204 g/mol. The predicted molar refractivity (Wildman–Crippen MR) is 54.6 cm³/mol. The molecule has 74 valence electrons. The van der Waals surface area contributed by atoms with Gasteiger partial charge in [0.1, 0.15) is 0 Å². The zero-order chi connectivity index (χ0) is 10.1. The molecule has 0 amide bonds. The fourth-order valence-corrected chi connectivity index (χ4v) is 1.67. The van der Waals surface area contributed by atoms with Crippen LogP contribution in [-0.4, -0.2) is 11.5 Å². The van der Waals surface area contributed by atoms with Crippen LogP contribution in [-0.2, 0) is 6.42 Å². The van der Waals surface area contributed by atoms with E-state index in [0.29, 0.717) is 29.1 Å². The summed E-state index contributed by atoms with van der Waals surface area (Å²) in [7, 11) is 0. The maximum absolute atomic E-state index is 11.0. The fourth-order valence-electron chi connectivity index (χ4n) is 1.43. The number of rotatable bonds is 2. The number of nitrogens with two attached hydrogens (primary N) is 1. The Kier molecular flexibility index (Phi) is 2.31. The van der Waals surface area contributed by atoms with Crippen molar-refractivity contribution >= 4 is 22.7 Å². The van der Waals surface area contributed by atoms with Crippen molar-refractivity contribution in [3.8, 4) is 0 Å². The molecule has 0 aliphatic carbocycles. The fraction of sp³-hybridized carbons (Fsp3) is 0.222. The largest absolute Gasteiger partial charge is 0.417 e. The van der Waals surface area contributed by atoms with Crippen molar-refractivity contribution < 1.29 is 4.42 Å². The molecule has 4 nitrogen and oxygen atoms in total. The molecule has 0 atom stereocenters. The maximum atomic E-state index is 11.0. The van der Waals surface area contributed by atoms with Gasteiger partial charge in [0.05, 0.1) is 5.52 Å². The molecule has 5 heteroatoms. The highest BCUT2D eigenvalue weighted by molar-refractivity contribution is 6.31. The van der Waals surface area contributed by atoms with Crippen molar-refractivity contribution in [1.82, 2.24) is 4.98 Å². The Balaban J connectivity index is 2.72. The summed E-state index contributed by atoms with van der Waals surface area (Å²) in [5, 5.41) is 0.568. The van der Waals surface area contributed by atoms with E-state index in [-0.39, 0.29) is 0 Å². The first-order chi connectivity index (χ1) is 6.70. The van der Waals surface area contributed by atoms with Crippen molar-refractivity contribution in [3.63, 3.8) is 0 Å². The van der Waals surface area contributed by atoms with Crippen LogP contribution >= 0.6 is 11.6 Å². The third-order valence-electron chi connectivity index (χ3n) is 1.98. The minimum atomic E-state index is -0.472. The molecule has 0 saturated carbocycles. The first-order valence-corrected chi connectivity index (χ1v) is 4.60. The number of H-pyrrole nitrogens is 1. The molecule has 1 aromatic carbocycles. The van der Waals surface area contributed by atoms with Crippen LogP contribution in [0, 0.1) is 0 Å². The van der Waals surface area contributed by atoms with Gasteiger partial charge in [0, 0.05) is 5.02 Å². The summed E-state index contributed by atoms with van der Waals surface area (Å²) in [6.07, 6.45) is 0.637. The van der Waals surface area contributed by atoms with Crippen molar-refractivity contribution in [2.75, 3.05) is 6.54 Å². The molecule has 0 unspecified atom stereocenters. The van der Waals surface area contributed by atoms with Crippen molar-refractivity contribution in [2.45, 2.75) is 6.42 Å². The van der Waals surface area contributed by atoms with Gasteiger partial charge in [-0.2, -0.15) is 0 Å². The smallest absolute Gasteiger partial charge is 0.408 e. The molecule has 0 aliphatic rings. The topological polar surface area (TPSA) is 72.0 Å². The quantitative estimate of drug-likeness (QED) is 0.788. The number of fused-ring (bicyclic) bond motifs is 1. The van der Waals surface area contributed by atoms with Crippen LogP contribution in [0.2, 0.25) is 5.02 Å². The number of oxazole rings is 1. The Labute approximate surface area is 84.7 Å². The van der Waals surface area contributed by atoms with E-state index in [1.807, 2.05) is 0 Å². The summed E-state index contributed by atoms with van der Waals surface area (Å²) in [6, 6.07) is 3.41. The minimum absolute atomic E-state index is 0.472. The molecule has 0 saturated heterocycles. The molecule has 0 bridgehead atoms. The van der Waals surface area contributed by atoms with Crippen molar-refractivity contribution in [1.29, 1.82) is 0 Å². The van der Waals surface area contributed by atoms with Gasteiger partial charge in [0.2, 0.25) is 0 Å². The monoisotopic (exact) mass is 212 g/mol. The zero-order valence-electron chi connectivity index (χ0n) is 7.34. The van der Waals surface area contributed by atoms with Crippen LogP contribution < -0.4 is 11.5 Å². The molecule has 2 aromatic rings. The van der Waals surface area contributed by atoms with Gasteiger partial charge >= 0.3 is 5.76 Å². The normalized spacial score (nSPS) is 11.0. The Morgan fingerprint density at radius 1 is 1.50 bits per heavy atom. The average Bonchev–Trinajstić information content (AvgIpc) is 2.45. The van der Waals surface area contributed by atoms with Crippen LogP contribution in [0.3, 0.4) is 0 Å². The first-order valence-electron chi connectivity index (χ1n) is 4.22. The molecule has 0 spiro atoms. The number of nitrogens with one attached hydrogen (secondary N) is 1. The van der Waals surface area contributed by atoms with Gasteiger partial charge in [0.25, 0.3) is 0 Å². The van der Waals surface area contributed by atoms with Gasteiger partial charge in [0.15, 0.2) is 5.58 Å². The van der Waals surface area contributed by atoms with Crippen LogP contribution in [0.5, 0.6) is 0 Å². The Bertz CT molecular complexity index is 515. The van der Waals surface area contributed by atoms with E-state index in [0.717, 1.165) is 5.56 Å². The second-order valence-electron chi connectivity index (χ2n) is 2.99. The van der Waals surface area contributed by atoms with Crippen LogP contribution in [0.25, 0.3) is 11.1 Å². The lowest BCUT2D eigenvalue weighted by Crippen LogP contribution is -2.02. The van der Waals surface area contributed by atoms with E-state index in [1.165, 1.54) is 0 Å². The second kappa shape index (κ2) is 3.48. The van der Waals surface area contributed by atoms with E-state index < -0.39 is 5.76 Å². The van der Waals surface area contributed by atoms with Crippen molar-refractivity contribution in [2.24, 2.45) is 5.73 Å². The molecule has 14 heavy (non-hydrogen) atoms. The molecule has 0 radical (unpaired) electrons. The van der Waals surface area contributed by atoms with Gasteiger partial charge in [-0.1, -0.05) is 11.6 Å². The lowest BCUT2D eigenvalue weighted by Gasteiger charge is -1.99. The van der Waals surface area contributed by atoms with E-state index in [4.69, 9.17) is 21.8 Å². The number of aromatic nitrogens is 1. The van der Waals surface area contributed by atoms with Gasteiger partial charge in [-0.25, -0.2) is 4.79 Å². The number of hydrogen-bond donors (Lipinski definition) is 2. The lowest BCUT2D eigenvalue weighted by atomic mass is 10.1. The number of hydrogen-bond acceptors (Lipinski definition) is 3. The zero-order valence-corrected chi connectivity index (χ0v) is 8.10. The summed E-state index contributed by atoms with van der Waals surface area (Å²) in [5.74, 6) is -0.472. The number of benzene rings is 1. The molecule has 0 fully saturated rings. The third kappa shape index (κ3) is 1.54. The number of halogens is 1. The summed E-state index contributed by atoms with van der Waals surface area (Å²) in [5.41, 5.74) is 7.45. The van der Waals surface area contributed by atoms with Crippen LogP contribution in [0.4, 0.5) is 0 Å². The average molecular weight is 213 g/mol. The van der Waals surface area contributed by atoms with Gasteiger partial charge in [-0.3, -0.25) is 4.98 Å². The second-order valence-corrected chi connectivity index (χ2v) is 3.43. The lowest BCUT2D eigenvalue weighted by molar-refractivity contribution is 0.552. The highest BCUT2D eigenvalue weighted by Crippen LogP contribution is 2.21. The third-order valence-corrected chi connectivity index (χ3v) is 2.19. The first kappa shape index (κ1) is 9.30. The summed E-state index contributed by atoms with van der Waals surface area (Å²) >= 11 is 5.86. The molecule has 1 heterocycles. The Morgan fingerprint density at radius 3 is 3.00 bits per heavy atom. The Morgan fingerprint density at radius 2 is 2.29 bits per heavy atom. The highest BCUT2D eigenvalue weighted by atomic mass is 35.5. The molecule has 3 N–H and O–H groups in total. The standard InChI is InChI=1S/C9H9ClN2O2/c10-6-3-5(1-2-11)8-7(4-6)12-9(13)14-8/h3-4H,1-2,11H2,(H,12,13). The predicted octanol–water partition coefficient (Wildman–Crippen LogP) is 1.28. The van der Waals surface area contributed by atoms with Crippen LogP contribution in [0.15, 0.2) is 21.3 Å². The summed E-state index contributed by atoms with van der Waals surface area (Å²) in [6.45, 7) is 0.490. The SMILES string of the molecule is NCCc1cc(Cl)cc2[nH]c(=O)oc12. The number of aromatic amines is 1. The van der Waals surface area contributed by atoms with Gasteiger partial charge in [-0.15, -0.1) is 0 Å². The van der Waals surface area contributed by atoms with E-state index in [1.54, 1.807) is 12.1 Å². The van der Waals surface area contributed by atoms with Crippen LogP contribution in [0.1, 0.15) is 5.56 Å². The van der Waals surface area contributed by atoms with E-state index >= 15 is 0 Å². The van der Waals surface area contributed by atoms with E-state index in [2.05, 4.69) is 4.98 Å². The molecular formula is C9H9ClN2O2. The molecule has 1 aromatic heterocycles.